The van der Waals surface area contributed by atoms with Gasteiger partial charge in [0.05, 0.1) is 13.2 Å². The molecule has 0 aliphatic carbocycles. The van der Waals surface area contributed by atoms with Crippen molar-refractivity contribution in [3.05, 3.63) is 36.2 Å². The van der Waals surface area contributed by atoms with Crippen LogP contribution in [0.5, 0.6) is 0 Å². The van der Waals surface area contributed by atoms with E-state index in [9.17, 15) is 4.79 Å². The Morgan fingerprint density at radius 1 is 1.27 bits per heavy atom. The first kappa shape index (κ1) is 14.7. The maximum Gasteiger partial charge on any atom is 0.270 e. The summed E-state index contributed by atoms with van der Waals surface area (Å²) in [6.07, 6.45) is 1.62. The molecular formula is C16H20N4O2. The van der Waals surface area contributed by atoms with Crippen molar-refractivity contribution in [2.24, 2.45) is 0 Å². The van der Waals surface area contributed by atoms with Crippen molar-refractivity contribution in [1.82, 2.24) is 15.2 Å². The van der Waals surface area contributed by atoms with Crippen LogP contribution in [-0.4, -0.2) is 55.2 Å². The molecule has 2 heterocycles. The Bertz CT molecular complexity index is 668. The van der Waals surface area contributed by atoms with Gasteiger partial charge in [-0.05, 0) is 12.1 Å². The number of nitrogens with one attached hydrogen (secondary N) is 1. The highest BCUT2D eigenvalue weighted by atomic mass is 16.5. The number of hydrogen-bond acceptors (Lipinski definition) is 5. The SMILES string of the molecule is Nc1cccc2c(C(=O)NCCN3CCOCC3)nccc12. The molecule has 1 fully saturated rings. The van der Waals surface area contributed by atoms with Crippen LogP contribution < -0.4 is 11.1 Å². The Morgan fingerprint density at radius 3 is 2.91 bits per heavy atom. The molecule has 0 unspecified atom stereocenters. The topological polar surface area (TPSA) is 80.5 Å². The molecule has 2 aromatic rings. The second-order valence-electron chi connectivity index (χ2n) is 5.31. The lowest BCUT2D eigenvalue weighted by molar-refractivity contribution is 0.0383. The third-order valence-corrected chi connectivity index (χ3v) is 3.87. The minimum Gasteiger partial charge on any atom is -0.398 e. The van der Waals surface area contributed by atoms with Crippen LogP contribution in [0.1, 0.15) is 10.5 Å². The molecule has 0 atom stereocenters. The van der Waals surface area contributed by atoms with Crippen molar-refractivity contribution in [2.45, 2.75) is 0 Å². The van der Waals surface area contributed by atoms with Crippen molar-refractivity contribution >= 4 is 22.4 Å². The number of aromatic nitrogens is 1. The first-order valence-corrected chi connectivity index (χ1v) is 7.47. The number of morpholine rings is 1. The van der Waals surface area contributed by atoms with Gasteiger partial charge in [-0.15, -0.1) is 0 Å². The average molecular weight is 300 g/mol. The summed E-state index contributed by atoms with van der Waals surface area (Å²) in [6, 6.07) is 7.36. The highest BCUT2D eigenvalue weighted by Gasteiger charge is 2.14. The fourth-order valence-electron chi connectivity index (χ4n) is 2.65. The number of nitrogen functional groups attached to an aromatic ring is 1. The molecule has 1 aromatic carbocycles. The molecule has 1 saturated heterocycles. The number of fused-ring (bicyclic) bond motifs is 1. The lowest BCUT2D eigenvalue weighted by atomic mass is 10.1. The smallest absolute Gasteiger partial charge is 0.270 e. The van der Waals surface area contributed by atoms with Crippen LogP contribution in [-0.2, 0) is 4.74 Å². The third kappa shape index (κ3) is 3.18. The Hall–Kier alpha value is -2.18. The van der Waals surface area contributed by atoms with Gasteiger partial charge in [0, 0.05) is 48.8 Å². The normalized spacial score (nSPS) is 15.8. The molecule has 116 valence electrons. The van der Waals surface area contributed by atoms with Gasteiger partial charge in [-0.25, -0.2) is 0 Å². The summed E-state index contributed by atoms with van der Waals surface area (Å²) < 4.78 is 5.30. The number of anilines is 1. The Morgan fingerprint density at radius 2 is 2.09 bits per heavy atom. The fraction of sp³-hybridized carbons (Fsp3) is 0.375. The van der Waals surface area contributed by atoms with Crippen LogP contribution in [0.15, 0.2) is 30.5 Å². The van der Waals surface area contributed by atoms with Gasteiger partial charge in [0.2, 0.25) is 0 Å². The molecule has 6 nitrogen and oxygen atoms in total. The molecule has 6 heteroatoms. The zero-order valence-corrected chi connectivity index (χ0v) is 12.4. The number of carbonyl (C=O) groups excluding carboxylic acids is 1. The summed E-state index contributed by atoms with van der Waals surface area (Å²) in [4.78, 5) is 18.8. The van der Waals surface area contributed by atoms with E-state index in [4.69, 9.17) is 10.5 Å². The molecule has 1 aliphatic heterocycles. The monoisotopic (exact) mass is 300 g/mol. The number of benzene rings is 1. The van der Waals surface area contributed by atoms with Crippen LogP contribution in [0, 0.1) is 0 Å². The number of amides is 1. The molecule has 0 spiro atoms. The van der Waals surface area contributed by atoms with E-state index in [1.807, 2.05) is 24.3 Å². The van der Waals surface area contributed by atoms with E-state index in [2.05, 4.69) is 15.2 Å². The highest BCUT2D eigenvalue weighted by molar-refractivity contribution is 6.07. The van der Waals surface area contributed by atoms with E-state index in [1.165, 1.54) is 0 Å². The molecule has 0 saturated carbocycles. The Balaban J connectivity index is 1.66. The quantitative estimate of drug-likeness (QED) is 0.819. The number of ether oxygens (including phenoxy) is 1. The largest absolute Gasteiger partial charge is 0.398 e. The van der Waals surface area contributed by atoms with E-state index < -0.39 is 0 Å². The molecule has 3 N–H and O–H groups in total. The number of pyridine rings is 1. The summed E-state index contributed by atoms with van der Waals surface area (Å²) in [7, 11) is 0. The van der Waals surface area contributed by atoms with Crippen molar-refractivity contribution < 1.29 is 9.53 Å². The van der Waals surface area contributed by atoms with Crippen LogP contribution in [0.4, 0.5) is 5.69 Å². The van der Waals surface area contributed by atoms with E-state index in [0.717, 1.165) is 43.6 Å². The zero-order chi connectivity index (χ0) is 15.4. The van der Waals surface area contributed by atoms with Crippen LogP contribution in [0.25, 0.3) is 10.8 Å². The van der Waals surface area contributed by atoms with E-state index >= 15 is 0 Å². The molecule has 3 rings (SSSR count). The summed E-state index contributed by atoms with van der Waals surface area (Å²) in [6.45, 7) is 4.77. The van der Waals surface area contributed by atoms with Gasteiger partial charge >= 0.3 is 0 Å². The number of hydrogen-bond donors (Lipinski definition) is 2. The fourth-order valence-corrected chi connectivity index (χ4v) is 2.65. The predicted octanol–water partition coefficient (Wildman–Crippen LogP) is 0.879. The lowest BCUT2D eigenvalue weighted by Gasteiger charge is -2.26. The summed E-state index contributed by atoms with van der Waals surface area (Å²) in [5, 5.41) is 4.57. The van der Waals surface area contributed by atoms with Crippen molar-refractivity contribution in [3.8, 4) is 0 Å². The van der Waals surface area contributed by atoms with Crippen molar-refractivity contribution in [2.75, 3.05) is 45.1 Å². The first-order chi connectivity index (χ1) is 10.8. The molecule has 1 aromatic heterocycles. The van der Waals surface area contributed by atoms with Gasteiger partial charge < -0.3 is 15.8 Å². The van der Waals surface area contributed by atoms with Gasteiger partial charge in [0.1, 0.15) is 5.69 Å². The Kier molecular flexibility index (Phi) is 4.50. The first-order valence-electron chi connectivity index (χ1n) is 7.47. The average Bonchev–Trinajstić information content (AvgIpc) is 2.56. The maximum absolute atomic E-state index is 12.4. The predicted molar refractivity (Wildman–Crippen MR) is 85.7 cm³/mol. The van der Waals surface area contributed by atoms with Gasteiger partial charge in [-0.1, -0.05) is 12.1 Å². The second-order valence-corrected chi connectivity index (χ2v) is 5.31. The summed E-state index contributed by atoms with van der Waals surface area (Å²) >= 11 is 0. The minimum absolute atomic E-state index is 0.163. The van der Waals surface area contributed by atoms with Crippen LogP contribution >= 0.6 is 0 Å². The summed E-state index contributed by atoms with van der Waals surface area (Å²) in [5.41, 5.74) is 7.02. The number of nitrogens with zero attached hydrogens (tertiary/aromatic N) is 2. The molecule has 1 amide bonds. The van der Waals surface area contributed by atoms with Crippen molar-refractivity contribution in [3.63, 3.8) is 0 Å². The maximum atomic E-state index is 12.4. The van der Waals surface area contributed by atoms with E-state index in [-0.39, 0.29) is 5.91 Å². The van der Waals surface area contributed by atoms with E-state index in [1.54, 1.807) is 6.20 Å². The number of nitrogens with two attached hydrogens (primary N) is 1. The molecule has 22 heavy (non-hydrogen) atoms. The third-order valence-electron chi connectivity index (χ3n) is 3.87. The minimum atomic E-state index is -0.163. The molecule has 0 radical (unpaired) electrons. The Labute approximate surface area is 129 Å². The molecular weight excluding hydrogens is 280 g/mol. The van der Waals surface area contributed by atoms with Crippen LogP contribution in [0.2, 0.25) is 0 Å². The zero-order valence-electron chi connectivity index (χ0n) is 12.4. The van der Waals surface area contributed by atoms with Crippen molar-refractivity contribution in [1.29, 1.82) is 0 Å². The molecule has 0 bridgehead atoms. The van der Waals surface area contributed by atoms with E-state index in [0.29, 0.717) is 17.9 Å². The van der Waals surface area contributed by atoms with Gasteiger partial charge in [-0.3, -0.25) is 14.7 Å². The van der Waals surface area contributed by atoms with Gasteiger partial charge in [-0.2, -0.15) is 0 Å². The second kappa shape index (κ2) is 6.72. The van der Waals surface area contributed by atoms with Crippen LogP contribution in [0.3, 0.4) is 0 Å². The summed E-state index contributed by atoms with van der Waals surface area (Å²) in [5.74, 6) is -0.163. The highest BCUT2D eigenvalue weighted by Crippen LogP contribution is 2.22. The van der Waals surface area contributed by atoms with Gasteiger partial charge in [0.25, 0.3) is 5.91 Å². The molecule has 1 aliphatic rings. The lowest BCUT2D eigenvalue weighted by Crippen LogP contribution is -2.41. The van der Waals surface area contributed by atoms with Gasteiger partial charge in [0.15, 0.2) is 0 Å². The standard InChI is InChI=1S/C16H20N4O2/c17-14-3-1-2-13-12(14)4-5-18-15(13)16(21)19-6-7-20-8-10-22-11-9-20/h1-5H,6-11,17H2,(H,19,21). The number of rotatable bonds is 4. The number of carbonyl (C=O) groups is 1.